The highest BCUT2D eigenvalue weighted by Gasteiger charge is 2.32. The Morgan fingerprint density at radius 3 is 2.29 bits per heavy atom. The summed E-state index contributed by atoms with van der Waals surface area (Å²) in [6.07, 6.45) is 5.70. The van der Waals surface area contributed by atoms with E-state index >= 15 is 0 Å². The fourth-order valence-corrected chi connectivity index (χ4v) is 3.17. The van der Waals surface area contributed by atoms with E-state index in [4.69, 9.17) is 0 Å². The van der Waals surface area contributed by atoms with Gasteiger partial charge < -0.3 is 5.32 Å². The second kappa shape index (κ2) is 3.01. The minimum absolute atomic E-state index is 0.864. The summed E-state index contributed by atoms with van der Waals surface area (Å²) < 4.78 is 0. The fraction of sp³-hybridized carbons (Fsp3) is 0.538. The molecule has 1 heteroatoms. The monoisotopic (exact) mass is 187 g/mol. The van der Waals surface area contributed by atoms with Crippen molar-refractivity contribution in [1.29, 1.82) is 0 Å². The summed E-state index contributed by atoms with van der Waals surface area (Å²) in [5.41, 5.74) is 4.56. The zero-order chi connectivity index (χ0) is 9.54. The van der Waals surface area contributed by atoms with Gasteiger partial charge in [0.2, 0.25) is 0 Å². The average Bonchev–Trinajstić information content (AvgIpc) is 2.30. The van der Waals surface area contributed by atoms with Crippen molar-refractivity contribution in [1.82, 2.24) is 0 Å². The molecule has 1 fully saturated rings. The summed E-state index contributed by atoms with van der Waals surface area (Å²) in [7, 11) is 2.00. The van der Waals surface area contributed by atoms with E-state index in [0.717, 1.165) is 11.8 Å². The summed E-state index contributed by atoms with van der Waals surface area (Å²) in [5.74, 6) is 1.74. The van der Waals surface area contributed by atoms with Crippen LogP contribution in [0.1, 0.15) is 48.6 Å². The molecule has 1 aromatic rings. The number of nitrogens with one attached hydrogen (secondary N) is 1. The van der Waals surface area contributed by atoms with Crippen LogP contribution in [-0.2, 0) is 0 Å². The molecule has 4 rings (SSSR count). The van der Waals surface area contributed by atoms with Crippen molar-refractivity contribution in [2.45, 2.75) is 37.5 Å². The first-order chi connectivity index (χ1) is 6.88. The van der Waals surface area contributed by atoms with Crippen molar-refractivity contribution in [2.24, 2.45) is 0 Å². The van der Waals surface area contributed by atoms with Crippen LogP contribution in [-0.4, -0.2) is 7.05 Å². The molecule has 3 aliphatic carbocycles. The third-order valence-corrected chi connectivity index (χ3v) is 3.98. The zero-order valence-electron chi connectivity index (χ0n) is 8.72. The first-order valence-electron chi connectivity index (χ1n) is 5.70. The Labute approximate surface area is 85.5 Å². The molecule has 0 aromatic heterocycles. The Morgan fingerprint density at radius 1 is 1.00 bits per heavy atom. The Kier molecular flexibility index (Phi) is 1.79. The van der Waals surface area contributed by atoms with Gasteiger partial charge in [0, 0.05) is 12.7 Å². The van der Waals surface area contributed by atoms with Crippen LogP contribution in [0.4, 0.5) is 5.69 Å². The van der Waals surface area contributed by atoms with Crippen LogP contribution < -0.4 is 5.32 Å². The highest BCUT2D eigenvalue weighted by atomic mass is 14.8. The zero-order valence-corrected chi connectivity index (χ0v) is 8.72. The van der Waals surface area contributed by atoms with E-state index in [2.05, 4.69) is 23.5 Å². The van der Waals surface area contributed by atoms with Crippen LogP contribution in [0.3, 0.4) is 0 Å². The van der Waals surface area contributed by atoms with E-state index in [9.17, 15) is 0 Å². The molecule has 0 saturated heterocycles. The van der Waals surface area contributed by atoms with Crippen molar-refractivity contribution in [3.63, 3.8) is 0 Å². The summed E-state index contributed by atoms with van der Waals surface area (Å²) in [5, 5.41) is 3.24. The molecule has 0 unspecified atom stereocenters. The van der Waals surface area contributed by atoms with E-state index in [1.807, 2.05) is 7.05 Å². The molecule has 3 aliphatic rings. The molecule has 1 saturated carbocycles. The molecule has 0 radical (unpaired) electrons. The number of rotatable bonds is 1. The molecule has 1 aromatic carbocycles. The van der Waals surface area contributed by atoms with Gasteiger partial charge in [0.25, 0.3) is 0 Å². The van der Waals surface area contributed by atoms with E-state index in [1.165, 1.54) is 31.4 Å². The molecular weight excluding hydrogens is 170 g/mol. The Balaban J connectivity index is 2.11. The van der Waals surface area contributed by atoms with Crippen molar-refractivity contribution in [3.8, 4) is 0 Å². The first kappa shape index (κ1) is 8.34. The molecule has 0 aliphatic heterocycles. The summed E-state index contributed by atoms with van der Waals surface area (Å²) >= 11 is 0. The number of benzene rings is 1. The number of fused-ring (bicyclic) bond motifs is 2. The van der Waals surface area contributed by atoms with Gasteiger partial charge in [-0.15, -0.1) is 0 Å². The second-order valence-corrected chi connectivity index (χ2v) is 4.64. The fourth-order valence-electron chi connectivity index (χ4n) is 3.17. The average molecular weight is 187 g/mol. The van der Waals surface area contributed by atoms with E-state index in [0.29, 0.717) is 0 Å². The van der Waals surface area contributed by atoms with E-state index in [1.54, 1.807) is 11.1 Å². The number of hydrogen-bond acceptors (Lipinski definition) is 1. The highest BCUT2D eigenvalue weighted by molar-refractivity contribution is 5.52. The third-order valence-electron chi connectivity index (χ3n) is 3.98. The van der Waals surface area contributed by atoms with Crippen LogP contribution in [0.25, 0.3) is 0 Å². The molecule has 74 valence electrons. The molecule has 14 heavy (non-hydrogen) atoms. The van der Waals surface area contributed by atoms with Crippen LogP contribution in [0.2, 0.25) is 0 Å². The first-order valence-corrected chi connectivity index (χ1v) is 5.70. The quantitative estimate of drug-likeness (QED) is 0.709. The van der Waals surface area contributed by atoms with Gasteiger partial charge in [-0.2, -0.15) is 0 Å². The lowest BCUT2D eigenvalue weighted by molar-refractivity contribution is 0.359. The predicted octanol–water partition coefficient (Wildman–Crippen LogP) is 3.48. The van der Waals surface area contributed by atoms with Crippen LogP contribution >= 0.6 is 0 Å². The smallest absolute Gasteiger partial charge is 0.0340 e. The van der Waals surface area contributed by atoms with E-state index < -0.39 is 0 Å². The molecular formula is C13H17N. The minimum Gasteiger partial charge on any atom is -0.388 e. The standard InChI is InChI=1S/C13H17N/c1-14-11-6-7-12-9-2-4-10(5-3-9)13(12)8-11/h6-10,14H,2-5H2,1H3. The molecule has 0 amide bonds. The highest BCUT2D eigenvalue weighted by Crippen LogP contribution is 2.49. The lowest BCUT2D eigenvalue weighted by Gasteiger charge is -2.38. The number of anilines is 1. The summed E-state index contributed by atoms with van der Waals surface area (Å²) in [6, 6.07) is 6.93. The van der Waals surface area contributed by atoms with Gasteiger partial charge in [-0.3, -0.25) is 0 Å². The molecule has 0 heterocycles. The second-order valence-electron chi connectivity index (χ2n) is 4.64. The van der Waals surface area contributed by atoms with Crippen molar-refractivity contribution in [3.05, 3.63) is 29.3 Å². The number of hydrogen-bond donors (Lipinski definition) is 1. The predicted molar refractivity (Wildman–Crippen MR) is 59.9 cm³/mol. The molecule has 2 bridgehead atoms. The van der Waals surface area contributed by atoms with Gasteiger partial charge in [-0.1, -0.05) is 6.07 Å². The van der Waals surface area contributed by atoms with Gasteiger partial charge in [-0.05, 0) is 60.8 Å². The van der Waals surface area contributed by atoms with Gasteiger partial charge in [0.1, 0.15) is 0 Å². The topological polar surface area (TPSA) is 12.0 Å². The summed E-state index contributed by atoms with van der Waals surface area (Å²) in [4.78, 5) is 0. The lowest BCUT2D eigenvalue weighted by Crippen LogP contribution is -2.21. The Bertz CT molecular complexity index is 348. The molecule has 0 spiro atoms. The maximum Gasteiger partial charge on any atom is 0.0340 e. The van der Waals surface area contributed by atoms with Crippen molar-refractivity contribution >= 4 is 5.69 Å². The van der Waals surface area contributed by atoms with Crippen LogP contribution in [0.5, 0.6) is 0 Å². The lowest BCUT2D eigenvalue weighted by atomic mass is 9.67. The normalized spacial score (nSPS) is 28.6. The molecule has 1 nitrogen and oxygen atoms in total. The maximum atomic E-state index is 3.24. The van der Waals surface area contributed by atoms with Crippen LogP contribution in [0, 0.1) is 0 Å². The molecule has 0 atom stereocenters. The van der Waals surface area contributed by atoms with E-state index in [-0.39, 0.29) is 0 Å². The van der Waals surface area contributed by atoms with Crippen LogP contribution in [0.15, 0.2) is 18.2 Å². The largest absolute Gasteiger partial charge is 0.388 e. The van der Waals surface area contributed by atoms with Crippen molar-refractivity contribution in [2.75, 3.05) is 12.4 Å². The SMILES string of the molecule is CNc1ccc2c(c1)C1CCC2CC1. The van der Waals surface area contributed by atoms with Gasteiger partial charge >= 0.3 is 0 Å². The third kappa shape index (κ3) is 1.08. The Morgan fingerprint density at radius 2 is 1.64 bits per heavy atom. The molecule has 1 N–H and O–H groups in total. The van der Waals surface area contributed by atoms with Gasteiger partial charge in [-0.25, -0.2) is 0 Å². The van der Waals surface area contributed by atoms with Crippen molar-refractivity contribution < 1.29 is 0 Å². The summed E-state index contributed by atoms with van der Waals surface area (Å²) in [6.45, 7) is 0. The maximum absolute atomic E-state index is 3.24. The Hall–Kier alpha value is -0.980. The van der Waals surface area contributed by atoms with Gasteiger partial charge in [0.05, 0.1) is 0 Å². The van der Waals surface area contributed by atoms with Gasteiger partial charge in [0.15, 0.2) is 0 Å². The minimum atomic E-state index is 0.864.